The van der Waals surface area contributed by atoms with E-state index in [0.29, 0.717) is 0 Å². The zero-order chi connectivity index (χ0) is 11.4. The van der Waals surface area contributed by atoms with Gasteiger partial charge in [-0.15, -0.1) is 0 Å². The summed E-state index contributed by atoms with van der Waals surface area (Å²) in [5.74, 6) is 1.98. The Balaban J connectivity index is 1.67. The third kappa shape index (κ3) is 2.45. The number of hydrogen-bond acceptors (Lipinski definition) is 3. The summed E-state index contributed by atoms with van der Waals surface area (Å²) >= 11 is 0. The predicted octanol–water partition coefficient (Wildman–Crippen LogP) is 2.41. The zero-order valence-corrected chi connectivity index (χ0v) is 9.75. The first kappa shape index (κ1) is 11.2. The lowest BCUT2D eigenvalue weighted by Crippen LogP contribution is -2.39. The van der Waals surface area contributed by atoms with Crippen molar-refractivity contribution in [2.45, 2.75) is 32.6 Å². The van der Waals surface area contributed by atoms with Crippen molar-refractivity contribution in [3.63, 3.8) is 0 Å². The van der Waals surface area contributed by atoms with Gasteiger partial charge in [0.2, 0.25) is 0 Å². The van der Waals surface area contributed by atoms with Crippen LogP contribution < -0.4 is 5.32 Å². The summed E-state index contributed by atoms with van der Waals surface area (Å²) in [4.78, 5) is 0. The molecule has 0 bridgehead atoms. The van der Waals surface area contributed by atoms with Crippen LogP contribution in [0.25, 0.3) is 0 Å². The second kappa shape index (κ2) is 4.71. The van der Waals surface area contributed by atoms with Crippen LogP contribution in [0.15, 0.2) is 16.5 Å². The number of nitrogens with one attached hydrogen (secondary N) is 1. The molecule has 0 amide bonds. The van der Waals surface area contributed by atoms with Crippen molar-refractivity contribution in [3.05, 3.63) is 23.7 Å². The molecule has 0 radical (unpaired) electrons. The van der Waals surface area contributed by atoms with E-state index in [0.717, 1.165) is 43.9 Å². The van der Waals surface area contributed by atoms with Gasteiger partial charge in [-0.1, -0.05) is 6.42 Å². The Kier molecular flexibility index (Phi) is 3.31. The molecule has 1 aromatic rings. The van der Waals surface area contributed by atoms with Crippen molar-refractivity contribution >= 4 is 0 Å². The van der Waals surface area contributed by atoms with E-state index < -0.39 is 0 Å². The van der Waals surface area contributed by atoms with E-state index in [-0.39, 0.29) is 5.41 Å². The Hall–Kier alpha value is -1.27. The highest BCUT2D eigenvalue weighted by atomic mass is 16.3. The van der Waals surface area contributed by atoms with E-state index in [1.165, 1.54) is 6.42 Å². The van der Waals surface area contributed by atoms with Gasteiger partial charge < -0.3 is 9.73 Å². The molecular weight excluding hydrogens is 200 g/mol. The fourth-order valence-corrected chi connectivity index (χ4v) is 2.09. The number of furan rings is 1. The van der Waals surface area contributed by atoms with Crippen molar-refractivity contribution in [1.29, 1.82) is 5.26 Å². The highest BCUT2D eigenvalue weighted by Crippen LogP contribution is 2.39. The lowest BCUT2D eigenvalue weighted by atomic mass is 9.70. The van der Waals surface area contributed by atoms with E-state index in [1.54, 1.807) is 0 Å². The van der Waals surface area contributed by atoms with Crippen LogP contribution in [0.5, 0.6) is 0 Å². The molecule has 1 fully saturated rings. The van der Waals surface area contributed by atoms with E-state index in [9.17, 15) is 0 Å². The van der Waals surface area contributed by atoms with Crippen molar-refractivity contribution in [2.24, 2.45) is 5.41 Å². The molecule has 3 heteroatoms. The van der Waals surface area contributed by atoms with Crippen LogP contribution in [0.4, 0.5) is 0 Å². The molecule has 1 heterocycles. The second-order valence-corrected chi connectivity index (χ2v) is 4.68. The van der Waals surface area contributed by atoms with E-state index in [1.807, 2.05) is 19.1 Å². The SMILES string of the molecule is Cc1ccc(CCNCC2(C#N)CCC2)o1. The molecule has 0 aliphatic heterocycles. The number of rotatable bonds is 5. The minimum atomic E-state index is -0.0704. The fourth-order valence-electron chi connectivity index (χ4n) is 2.09. The molecule has 0 saturated heterocycles. The molecule has 0 aromatic carbocycles. The quantitative estimate of drug-likeness (QED) is 0.772. The summed E-state index contributed by atoms with van der Waals surface area (Å²) in [6, 6.07) is 6.43. The Morgan fingerprint density at radius 1 is 1.50 bits per heavy atom. The lowest BCUT2D eigenvalue weighted by Gasteiger charge is -2.35. The van der Waals surface area contributed by atoms with Crippen molar-refractivity contribution in [2.75, 3.05) is 13.1 Å². The average Bonchev–Trinajstić information content (AvgIpc) is 2.62. The van der Waals surface area contributed by atoms with Crippen molar-refractivity contribution < 1.29 is 4.42 Å². The van der Waals surface area contributed by atoms with E-state index >= 15 is 0 Å². The van der Waals surface area contributed by atoms with Crippen LogP contribution in [-0.4, -0.2) is 13.1 Å². The highest BCUT2D eigenvalue weighted by Gasteiger charge is 2.36. The van der Waals surface area contributed by atoms with Gasteiger partial charge in [0.05, 0.1) is 11.5 Å². The van der Waals surface area contributed by atoms with Gasteiger partial charge in [0.15, 0.2) is 0 Å². The van der Waals surface area contributed by atoms with Crippen LogP contribution in [0.2, 0.25) is 0 Å². The number of nitrogens with zero attached hydrogens (tertiary/aromatic N) is 1. The Morgan fingerprint density at radius 3 is 2.81 bits per heavy atom. The van der Waals surface area contributed by atoms with Gasteiger partial charge >= 0.3 is 0 Å². The van der Waals surface area contributed by atoms with Crippen LogP contribution in [0.3, 0.4) is 0 Å². The topological polar surface area (TPSA) is 49.0 Å². The molecule has 1 aliphatic rings. The molecule has 86 valence electrons. The monoisotopic (exact) mass is 218 g/mol. The van der Waals surface area contributed by atoms with Crippen LogP contribution in [0.1, 0.15) is 30.8 Å². The van der Waals surface area contributed by atoms with E-state index in [4.69, 9.17) is 9.68 Å². The third-order valence-corrected chi connectivity index (χ3v) is 3.36. The fraction of sp³-hybridized carbons (Fsp3) is 0.615. The normalized spacial score (nSPS) is 17.8. The Morgan fingerprint density at radius 2 is 2.31 bits per heavy atom. The van der Waals surface area contributed by atoms with E-state index in [2.05, 4.69) is 11.4 Å². The van der Waals surface area contributed by atoms with Gasteiger partial charge in [0.1, 0.15) is 11.5 Å². The maximum Gasteiger partial charge on any atom is 0.105 e. The van der Waals surface area contributed by atoms with Gasteiger partial charge in [-0.05, 0) is 31.9 Å². The summed E-state index contributed by atoms with van der Waals surface area (Å²) < 4.78 is 5.48. The van der Waals surface area contributed by atoms with Gasteiger partial charge in [-0.25, -0.2) is 0 Å². The average molecular weight is 218 g/mol. The van der Waals surface area contributed by atoms with Crippen LogP contribution in [0, 0.1) is 23.7 Å². The molecule has 2 rings (SSSR count). The molecule has 16 heavy (non-hydrogen) atoms. The predicted molar refractivity (Wildman–Crippen MR) is 61.9 cm³/mol. The summed E-state index contributed by atoms with van der Waals surface area (Å²) in [6.45, 7) is 3.66. The van der Waals surface area contributed by atoms with Crippen molar-refractivity contribution in [1.82, 2.24) is 5.32 Å². The zero-order valence-electron chi connectivity index (χ0n) is 9.75. The number of hydrogen-bond donors (Lipinski definition) is 1. The molecule has 3 nitrogen and oxygen atoms in total. The maximum absolute atomic E-state index is 9.05. The Labute approximate surface area is 96.4 Å². The highest BCUT2D eigenvalue weighted by molar-refractivity contribution is 5.07. The lowest BCUT2D eigenvalue weighted by molar-refractivity contribution is 0.207. The van der Waals surface area contributed by atoms with Gasteiger partial charge in [0.25, 0.3) is 0 Å². The first-order valence-electron chi connectivity index (χ1n) is 5.91. The maximum atomic E-state index is 9.05. The number of aryl methyl sites for hydroxylation is 1. The minimum Gasteiger partial charge on any atom is -0.466 e. The molecule has 0 atom stereocenters. The van der Waals surface area contributed by atoms with Gasteiger partial charge in [-0.2, -0.15) is 5.26 Å². The largest absolute Gasteiger partial charge is 0.466 e. The molecular formula is C13H18N2O. The minimum absolute atomic E-state index is 0.0704. The summed E-state index contributed by atoms with van der Waals surface area (Å²) in [5.41, 5.74) is -0.0704. The molecule has 1 aliphatic carbocycles. The number of nitriles is 1. The van der Waals surface area contributed by atoms with Crippen molar-refractivity contribution in [3.8, 4) is 6.07 Å². The molecule has 0 unspecified atom stereocenters. The third-order valence-electron chi connectivity index (χ3n) is 3.36. The van der Waals surface area contributed by atoms with Gasteiger partial charge in [0, 0.05) is 19.5 Å². The Bertz CT molecular complexity index is 385. The molecule has 1 N–H and O–H groups in total. The van der Waals surface area contributed by atoms with Gasteiger partial charge in [-0.3, -0.25) is 0 Å². The first-order valence-corrected chi connectivity index (χ1v) is 5.91. The smallest absolute Gasteiger partial charge is 0.105 e. The first-order chi connectivity index (χ1) is 7.74. The van der Waals surface area contributed by atoms with Crippen LogP contribution >= 0.6 is 0 Å². The molecule has 1 saturated carbocycles. The summed E-state index contributed by atoms with van der Waals surface area (Å²) in [7, 11) is 0. The molecule has 0 spiro atoms. The standard InChI is InChI=1S/C13H18N2O/c1-11-3-4-12(16-11)5-8-15-10-13(9-14)6-2-7-13/h3-4,15H,2,5-8,10H2,1H3. The summed E-state index contributed by atoms with van der Waals surface area (Å²) in [5, 5.41) is 12.4. The summed E-state index contributed by atoms with van der Waals surface area (Å²) in [6.07, 6.45) is 4.20. The van der Waals surface area contributed by atoms with Crippen LogP contribution in [-0.2, 0) is 6.42 Å². The second-order valence-electron chi connectivity index (χ2n) is 4.68. The molecule has 1 aromatic heterocycles.